The molecule has 1 amide bonds. The summed E-state index contributed by atoms with van der Waals surface area (Å²) in [6.07, 6.45) is 0.775. The van der Waals surface area contributed by atoms with Gasteiger partial charge in [-0.3, -0.25) is 4.79 Å². The third kappa shape index (κ3) is 3.54. The van der Waals surface area contributed by atoms with E-state index in [4.69, 9.17) is 0 Å². The Morgan fingerprint density at radius 3 is 2.59 bits per heavy atom. The van der Waals surface area contributed by atoms with Gasteiger partial charge in [-0.15, -0.1) is 11.8 Å². The van der Waals surface area contributed by atoms with Crippen molar-refractivity contribution < 1.29 is 9.18 Å². The van der Waals surface area contributed by atoms with Gasteiger partial charge in [0.2, 0.25) is 0 Å². The zero-order valence-corrected chi connectivity index (χ0v) is 12.7. The summed E-state index contributed by atoms with van der Waals surface area (Å²) < 4.78 is 12.8. The molecule has 0 bridgehead atoms. The summed E-state index contributed by atoms with van der Waals surface area (Å²) in [6, 6.07) is 16.0. The van der Waals surface area contributed by atoms with Crippen molar-refractivity contribution in [3.05, 3.63) is 66.0 Å². The lowest BCUT2D eigenvalue weighted by Crippen LogP contribution is -2.25. The van der Waals surface area contributed by atoms with E-state index in [1.165, 1.54) is 28.9 Å². The molecule has 0 spiro atoms. The fraction of sp³-hybridized carbons (Fsp3) is 0.176. The van der Waals surface area contributed by atoms with Crippen molar-refractivity contribution >= 4 is 23.4 Å². The Balaban J connectivity index is 1.59. The topological polar surface area (TPSA) is 32.7 Å². The number of hydrazone groups is 1. The lowest BCUT2D eigenvalue weighted by Gasteiger charge is -2.10. The average molecular weight is 314 g/mol. The van der Waals surface area contributed by atoms with E-state index in [1.54, 1.807) is 12.1 Å². The number of rotatable bonds is 4. The molecule has 0 aromatic heterocycles. The summed E-state index contributed by atoms with van der Waals surface area (Å²) in [5, 5.41) is 5.94. The lowest BCUT2D eigenvalue weighted by molar-refractivity contribution is -0.127. The largest absolute Gasteiger partial charge is 0.272 e. The molecule has 0 saturated carbocycles. The molecule has 0 fully saturated rings. The Hall–Kier alpha value is -2.14. The second-order valence-corrected chi connectivity index (χ2v) is 5.97. The molecular formula is C17H15FN2OS. The van der Waals surface area contributed by atoms with E-state index in [1.807, 2.05) is 30.3 Å². The summed E-state index contributed by atoms with van der Waals surface area (Å²) in [5.41, 5.74) is 2.00. The molecule has 2 aromatic rings. The van der Waals surface area contributed by atoms with E-state index in [9.17, 15) is 9.18 Å². The van der Waals surface area contributed by atoms with Gasteiger partial charge in [0.15, 0.2) is 0 Å². The monoisotopic (exact) mass is 314 g/mol. The van der Waals surface area contributed by atoms with Crippen LogP contribution in [0.3, 0.4) is 0 Å². The van der Waals surface area contributed by atoms with Crippen molar-refractivity contribution in [1.29, 1.82) is 0 Å². The molecular weight excluding hydrogens is 299 g/mol. The maximum absolute atomic E-state index is 12.8. The van der Waals surface area contributed by atoms with Crippen LogP contribution in [0, 0.1) is 5.82 Å². The molecule has 0 radical (unpaired) electrons. The number of carbonyl (C=O) groups excluding carboxylic acids is 1. The standard InChI is InChI=1S/C17H15FN2OS/c18-14-6-8-15(9-7-14)22-12-17(21)20-11-10-16(19-20)13-4-2-1-3-5-13/h1-9H,10-12H2. The number of halogens is 1. The molecule has 0 saturated heterocycles. The van der Waals surface area contributed by atoms with Gasteiger partial charge in [-0.05, 0) is 29.8 Å². The van der Waals surface area contributed by atoms with Crippen LogP contribution in [-0.4, -0.2) is 28.9 Å². The minimum absolute atomic E-state index is 0.0275. The van der Waals surface area contributed by atoms with Crippen molar-refractivity contribution in [2.24, 2.45) is 5.10 Å². The first-order valence-corrected chi connectivity index (χ1v) is 8.02. The molecule has 1 aliphatic rings. The van der Waals surface area contributed by atoms with E-state index in [0.29, 0.717) is 12.3 Å². The third-order valence-corrected chi connectivity index (χ3v) is 4.37. The number of hydrogen-bond acceptors (Lipinski definition) is 3. The Kier molecular flexibility index (Phi) is 4.53. The smallest absolute Gasteiger partial charge is 0.253 e. The van der Waals surface area contributed by atoms with Gasteiger partial charge in [0.05, 0.1) is 18.0 Å². The van der Waals surface area contributed by atoms with Crippen LogP contribution >= 0.6 is 11.8 Å². The Bertz CT molecular complexity index is 686. The number of nitrogens with zero attached hydrogens (tertiary/aromatic N) is 2. The summed E-state index contributed by atoms with van der Waals surface area (Å²) in [5.74, 6) is 0.00424. The zero-order valence-electron chi connectivity index (χ0n) is 11.9. The van der Waals surface area contributed by atoms with Crippen LogP contribution in [0.1, 0.15) is 12.0 Å². The summed E-state index contributed by atoms with van der Waals surface area (Å²) in [6.45, 7) is 0.618. The summed E-state index contributed by atoms with van der Waals surface area (Å²) in [4.78, 5) is 13.1. The normalized spacial score (nSPS) is 14.0. The molecule has 0 unspecified atom stereocenters. The van der Waals surface area contributed by atoms with Gasteiger partial charge >= 0.3 is 0 Å². The Morgan fingerprint density at radius 2 is 1.86 bits per heavy atom. The highest BCUT2D eigenvalue weighted by atomic mass is 32.2. The van der Waals surface area contributed by atoms with E-state index in [2.05, 4.69) is 5.10 Å². The van der Waals surface area contributed by atoms with Crippen LogP contribution < -0.4 is 0 Å². The highest BCUT2D eigenvalue weighted by Gasteiger charge is 2.21. The van der Waals surface area contributed by atoms with Gasteiger partial charge in [0.25, 0.3) is 5.91 Å². The van der Waals surface area contributed by atoms with Gasteiger partial charge in [-0.2, -0.15) is 5.10 Å². The van der Waals surface area contributed by atoms with Gasteiger partial charge < -0.3 is 0 Å². The number of amides is 1. The molecule has 5 heteroatoms. The van der Waals surface area contributed by atoms with Crippen LogP contribution in [0.15, 0.2) is 64.6 Å². The molecule has 1 heterocycles. The van der Waals surface area contributed by atoms with Gasteiger partial charge in [-0.25, -0.2) is 9.40 Å². The quantitative estimate of drug-likeness (QED) is 0.809. The van der Waals surface area contributed by atoms with Crippen LogP contribution in [0.25, 0.3) is 0 Å². The molecule has 2 aromatic carbocycles. The SMILES string of the molecule is O=C(CSc1ccc(F)cc1)N1CCC(c2ccccc2)=N1. The van der Waals surface area contributed by atoms with E-state index in [0.717, 1.165) is 22.6 Å². The minimum Gasteiger partial charge on any atom is -0.272 e. The van der Waals surface area contributed by atoms with Gasteiger partial charge in [0, 0.05) is 11.3 Å². The van der Waals surface area contributed by atoms with Crippen LogP contribution in [0.5, 0.6) is 0 Å². The zero-order chi connectivity index (χ0) is 15.4. The molecule has 112 valence electrons. The molecule has 3 nitrogen and oxygen atoms in total. The van der Waals surface area contributed by atoms with Crippen LogP contribution in [-0.2, 0) is 4.79 Å². The molecule has 0 atom stereocenters. The second-order valence-electron chi connectivity index (χ2n) is 4.92. The predicted octanol–water partition coefficient (Wildman–Crippen LogP) is 3.55. The summed E-state index contributed by atoms with van der Waals surface area (Å²) in [7, 11) is 0. The molecule has 0 N–H and O–H groups in total. The van der Waals surface area contributed by atoms with Crippen molar-refractivity contribution in [2.75, 3.05) is 12.3 Å². The molecule has 0 aliphatic carbocycles. The van der Waals surface area contributed by atoms with Crippen molar-refractivity contribution in [2.45, 2.75) is 11.3 Å². The minimum atomic E-state index is -0.271. The highest BCUT2D eigenvalue weighted by Crippen LogP contribution is 2.20. The number of thioether (sulfide) groups is 1. The Morgan fingerprint density at radius 1 is 1.14 bits per heavy atom. The number of benzene rings is 2. The number of hydrogen-bond donors (Lipinski definition) is 0. The van der Waals surface area contributed by atoms with Gasteiger partial charge in [-0.1, -0.05) is 30.3 Å². The lowest BCUT2D eigenvalue weighted by atomic mass is 10.1. The first-order valence-electron chi connectivity index (χ1n) is 7.04. The number of carbonyl (C=O) groups is 1. The first kappa shape index (κ1) is 14.8. The molecule has 22 heavy (non-hydrogen) atoms. The fourth-order valence-electron chi connectivity index (χ4n) is 2.22. The van der Waals surface area contributed by atoms with Crippen LogP contribution in [0.4, 0.5) is 4.39 Å². The van der Waals surface area contributed by atoms with E-state index < -0.39 is 0 Å². The third-order valence-electron chi connectivity index (χ3n) is 3.37. The Labute approximate surface area is 132 Å². The second kappa shape index (κ2) is 6.75. The van der Waals surface area contributed by atoms with Crippen molar-refractivity contribution in [3.63, 3.8) is 0 Å². The highest BCUT2D eigenvalue weighted by molar-refractivity contribution is 8.00. The molecule has 3 rings (SSSR count). The molecule has 1 aliphatic heterocycles. The van der Waals surface area contributed by atoms with Crippen LogP contribution in [0.2, 0.25) is 0 Å². The fourth-order valence-corrected chi connectivity index (χ4v) is 2.99. The maximum atomic E-state index is 12.8. The predicted molar refractivity (Wildman–Crippen MR) is 86.4 cm³/mol. The van der Waals surface area contributed by atoms with E-state index >= 15 is 0 Å². The van der Waals surface area contributed by atoms with E-state index in [-0.39, 0.29) is 11.7 Å². The first-order chi connectivity index (χ1) is 10.7. The average Bonchev–Trinajstić information content (AvgIpc) is 3.05. The maximum Gasteiger partial charge on any atom is 0.253 e. The van der Waals surface area contributed by atoms with Crippen molar-refractivity contribution in [3.8, 4) is 0 Å². The summed E-state index contributed by atoms with van der Waals surface area (Å²) >= 11 is 1.39. The van der Waals surface area contributed by atoms with Gasteiger partial charge in [0.1, 0.15) is 5.82 Å². The van der Waals surface area contributed by atoms with Crippen molar-refractivity contribution in [1.82, 2.24) is 5.01 Å².